The molecule has 1 unspecified atom stereocenters. The fraction of sp³-hybridized carbons (Fsp3) is 0.476. The van der Waals surface area contributed by atoms with Crippen molar-refractivity contribution in [3.63, 3.8) is 0 Å². The van der Waals surface area contributed by atoms with Gasteiger partial charge in [-0.15, -0.1) is 0 Å². The summed E-state index contributed by atoms with van der Waals surface area (Å²) in [6.07, 6.45) is 3.69. The Balaban J connectivity index is 1.69. The smallest absolute Gasteiger partial charge is 0.134 e. The first-order valence-corrected chi connectivity index (χ1v) is 10.3. The summed E-state index contributed by atoms with van der Waals surface area (Å²) < 4.78 is 0. The fourth-order valence-corrected chi connectivity index (χ4v) is 4.20. The van der Waals surface area contributed by atoms with Gasteiger partial charge in [-0.1, -0.05) is 24.3 Å². The van der Waals surface area contributed by atoms with Crippen LogP contribution in [-0.4, -0.2) is 35.6 Å². The molecule has 0 saturated carbocycles. The van der Waals surface area contributed by atoms with Crippen molar-refractivity contribution in [2.75, 3.05) is 25.0 Å². The summed E-state index contributed by atoms with van der Waals surface area (Å²) in [6, 6.07) is 16.6. The van der Waals surface area contributed by atoms with Gasteiger partial charge in [0.05, 0.1) is 0 Å². The SMILES string of the molecule is CN1CC(CCCN(c2ccccc2)c2cccc(SN)n2)CC1(C)C. The van der Waals surface area contributed by atoms with Gasteiger partial charge < -0.3 is 9.80 Å². The predicted octanol–water partition coefficient (Wildman–Crippen LogP) is 4.70. The van der Waals surface area contributed by atoms with Crippen LogP contribution in [0.15, 0.2) is 53.6 Å². The Morgan fingerprint density at radius 2 is 1.96 bits per heavy atom. The highest BCUT2D eigenvalue weighted by Gasteiger charge is 2.35. The maximum atomic E-state index is 5.71. The van der Waals surface area contributed by atoms with Gasteiger partial charge in [-0.3, -0.25) is 5.14 Å². The summed E-state index contributed by atoms with van der Waals surface area (Å²) in [5.74, 6) is 1.75. The highest BCUT2D eigenvalue weighted by Crippen LogP contribution is 2.34. The van der Waals surface area contributed by atoms with Gasteiger partial charge in [0.1, 0.15) is 10.8 Å². The molecule has 0 radical (unpaired) electrons. The average Bonchev–Trinajstić information content (AvgIpc) is 2.91. The van der Waals surface area contributed by atoms with Gasteiger partial charge in [0.15, 0.2) is 0 Å². The molecule has 3 rings (SSSR count). The lowest BCUT2D eigenvalue weighted by atomic mass is 9.93. The first kappa shape index (κ1) is 19.2. The molecule has 5 heteroatoms. The van der Waals surface area contributed by atoms with E-state index in [1.165, 1.54) is 37.0 Å². The molecular formula is C21H30N4S. The minimum Gasteiger partial charge on any atom is -0.326 e. The lowest BCUT2D eigenvalue weighted by Gasteiger charge is -2.26. The van der Waals surface area contributed by atoms with Crippen LogP contribution in [0.4, 0.5) is 11.5 Å². The summed E-state index contributed by atoms with van der Waals surface area (Å²) in [6.45, 7) is 6.87. The Hall–Kier alpha value is -1.56. The van der Waals surface area contributed by atoms with Crippen molar-refractivity contribution in [2.45, 2.75) is 43.7 Å². The molecule has 0 amide bonds. The molecule has 2 N–H and O–H groups in total. The highest BCUT2D eigenvalue weighted by atomic mass is 32.2. The summed E-state index contributed by atoms with van der Waals surface area (Å²) in [5.41, 5.74) is 1.51. The van der Waals surface area contributed by atoms with Crippen molar-refractivity contribution >= 4 is 23.5 Å². The molecular weight excluding hydrogens is 340 g/mol. The monoisotopic (exact) mass is 370 g/mol. The Morgan fingerprint density at radius 3 is 2.62 bits per heavy atom. The second-order valence-electron chi connectivity index (χ2n) is 7.84. The zero-order valence-electron chi connectivity index (χ0n) is 16.1. The number of rotatable bonds is 7. The van der Waals surface area contributed by atoms with Crippen LogP contribution in [0.1, 0.15) is 33.1 Å². The van der Waals surface area contributed by atoms with E-state index < -0.39 is 0 Å². The van der Waals surface area contributed by atoms with Crippen molar-refractivity contribution in [3.8, 4) is 0 Å². The number of pyridine rings is 1. The molecule has 1 fully saturated rings. The zero-order valence-corrected chi connectivity index (χ0v) is 16.9. The van der Waals surface area contributed by atoms with Gasteiger partial charge in [0, 0.05) is 24.3 Å². The van der Waals surface area contributed by atoms with Gasteiger partial charge >= 0.3 is 0 Å². The molecule has 1 atom stereocenters. The van der Waals surface area contributed by atoms with Crippen LogP contribution < -0.4 is 10.0 Å². The minimum absolute atomic E-state index is 0.331. The summed E-state index contributed by atoms with van der Waals surface area (Å²) in [5, 5.41) is 6.56. The van der Waals surface area contributed by atoms with E-state index in [0.29, 0.717) is 5.54 Å². The van der Waals surface area contributed by atoms with E-state index in [1.807, 2.05) is 12.1 Å². The zero-order chi connectivity index (χ0) is 18.6. The molecule has 2 heterocycles. The third-order valence-electron chi connectivity index (χ3n) is 5.52. The number of aromatic nitrogens is 1. The van der Waals surface area contributed by atoms with Crippen LogP contribution in [0.3, 0.4) is 0 Å². The molecule has 140 valence electrons. The molecule has 1 aromatic heterocycles. The lowest BCUT2D eigenvalue weighted by Crippen LogP contribution is -2.34. The number of anilines is 2. The Morgan fingerprint density at radius 1 is 1.19 bits per heavy atom. The van der Waals surface area contributed by atoms with Crippen molar-refractivity contribution in [1.29, 1.82) is 0 Å². The lowest BCUT2D eigenvalue weighted by molar-refractivity contribution is 0.218. The van der Waals surface area contributed by atoms with E-state index in [-0.39, 0.29) is 0 Å². The minimum atomic E-state index is 0.331. The number of benzene rings is 1. The summed E-state index contributed by atoms with van der Waals surface area (Å²) in [7, 11) is 2.25. The predicted molar refractivity (Wildman–Crippen MR) is 112 cm³/mol. The van der Waals surface area contributed by atoms with Crippen LogP contribution in [0.2, 0.25) is 0 Å². The molecule has 1 aliphatic rings. The van der Waals surface area contributed by atoms with Crippen molar-refractivity contribution in [2.24, 2.45) is 11.1 Å². The largest absolute Gasteiger partial charge is 0.326 e. The van der Waals surface area contributed by atoms with E-state index >= 15 is 0 Å². The molecule has 0 bridgehead atoms. The second-order valence-corrected chi connectivity index (χ2v) is 8.50. The van der Waals surface area contributed by atoms with E-state index in [2.05, 4.69) is 67.1 Å². The maximum absolute atomic E-state index is 5.71. The molecule has 1 aromatic carbocycles. The standard InChI is InChI=1S/C21H30N4S/c1-21(2)15-17(16-24(21)3)9-8-14-25(18-10-5-4-6-11-18)19-12-7-13-20(23-19)26-22/h4-7,10-13,17H,8-9,14-16,22H2,1-3H3. The molecule has 0 aliphatic carbocycles. The van der Waals surface area contributed by atoms with Gasteiger partial charge in [0.2, 0.25) is 0 Å². The van der Waals surface area contributed by atoms with Crippen LogP contribution >= 0.6 is 11.9 Å². The number of hydrogen-bond acceptors (Lipinski definition) is 5. The molecule has 2 aromatic rings. The fourth-order valence-electron chi connectivity index (χ4n) is 3.90. The molecule has 0 spiro atoms. The van der Waals surface area contributed by atoms with Gasteiger partial charge in [-0.05, 0) is 82.3 Å². The van der Waals surface area contributed by atoms with Crippen LogP contribution in [0.25, 0.3) is 0 Å². The van der Waals surface area contributed by atoms with Crippen LogP contribution in [0.5, 0.6) is 0 Å². The number of nitrogens with zero attached hydrogens (tertiary/aromatic N) is 3. The summed E-state index contributed by atoms with van der Waals surface area (Å²) >= 11 is 1.20. The average molecular weight is 371 g/mol. The molecule has 1 saturated heterocycles. The van der Waals surface area contributed by atoms with E-state index in [1.54, 1.807) is 0 Å². The quantitative estimate of drug-likeness (QED) is 0.716. The number of para-hydroxylation sites is 1. The van der Waals surface area contributed by atoms with Gasteiger partial charge in [-0.25, -0.2) is 4.98 Å². The first-order valence-electron chi connectivity index (χ1n) is 9.37. The van der Waals surface area contributed by atoms with Crippen molar-refractivity contribution < 1.29 is 0 Å². The van der Waals surface area contributed by atoms with E-state index in [0.717, 1.165) is 29.7 Å². The normalized spacial score (nSPS) is 19.6. The highest BCUT2D eigenvalue weighted by molar-refractivity contribution is 7.97. The van der Waals surface area contributed by atoms with Crippen LogP contribution in [-0.2, 0) is 0 Å². The van der Waals surface area contributed by atoms with Crippen LogP contribution in [0, 0.1) is 5.92 Å². The number of likely N-dealkylation sites (tertiary alicyclic amines) is 1. The third-order valence-corrected chi connectivity index (χ3v) is 5.99. The Kier molecular flexibility index (Phi) is 6.22. The van der Waals surface area contributed by atoms with E-state index in [9.17, 15) is 0 Å². The molecule has 1 aliphatic heterocycles. The van der Waals surface area contributed by atoms with Crippen molar-refractivity contribution in [1.82, 2.24) is 9.88 Å². The second kappa shape index (κ2) is 8.42. The summed E-state index contributed by atoms with van der Waals surface area (Å²) in [4.78, 5) is 9.51. The van der Waals surface area contributed by atoms with E-state index in [4.69, 9.17) is 10.1 Å². The maximum Gasteiger partial charge on any atom is 0.134 e. The Bertz CT molecular complexity index is 704. The van der Waals surface area contributed by atoms with Gasteiger partial charge in [-0.2, -0.15) is 0 Å². The first-order chi connectivity index (χ1) is 12.5. The number of hydrogen-bond donors (Lipinski definition) is 1. The molecule has 26 heavy (non-hydrogen) atoms. The third kappa shape index (κ3) is 4.58. The van der Waals surface area contributed by atoms with Gasteiger partial charge in [0.25, 0.3) is 0 Å². The number of nitrogens with two attached hydrogens (primary N) is 1. The molecule has 4 nitrogen and oxygen atoms in total. The van der Waals surface area contributed by atoms with Crippen molar-refractivity contribution in [3.05, 3.63) is 48.5 Å². The topological polar surface area (TPSA) is 45.4 Å². The Labute approximate surface area is 161 Å².